The van der Waals surface area contributed by atoms with Crippen LogP contribution >= 0.6 is 23.2 Å². The quantitative estimate of drug-likeness (QED) is 0.314. The van der Waals surface area contributed by atoms with Crippen molar-refractivity contribution in [3.8, 4) is 0 Å². The Morgan fingerprint density at radius 3 is 2.29 bits per heavy atom. The molecule has 0 saturated heterocycles. The van der Waals surface area contributed by atoms with Crippen LogP contribution in [0.4, 0.5) is 28.7 Å². The van der Waals surface area contributed by atoms with Crippen LogP contribution in [-0.2, 0) is 0 Å². The maximum Gasteiger partial charge on any atom is 0.353 e. The number of nitrogens with one attached hydrogen (secondary N) is 2. The fraction of sp³-hybridized carbons (Fsp3) is 0.0556. The molecule has 0 bridgehead atoms. The van der Waals surface area contributed by atoms with Crippen molar-refractivity contribution >= 4 is 57.7 Å². The third-order valence-corrected chi connectivity index (χ3v) is 4.58. The van der Waals surface area contributed by atoms with Gasteiger partial charge in [0.15, 0.2) is 5.78 Å². The summed E-state index contributed by atoms with van der Waals surface area (Å²) < 4.78 is 0. The Bertz CT molecular complexity index is 1060. The van der Waals surface area contributed by atoms with Crippen molar-refractivity contribution in [3.05, 3.63) is 74.5 Å². The molecule has 0 fully saturated rings. The molecule has 1 aromatic heterocycles. The number of nitrogens with zero attached hydrogens (tertiary/aromatic N) is 3. The Hall–Kier alpha value is -3.23. The van der Waals surface area contributed by atoms with Crippen LogP contribution in [0.25, 0.3) is 0 Å². The number of carbonyl (C=O) groups is 1. The molecule has 0 amide bonds. The Labute approximate surface area is 169 Å². The number of aromatic nitrogens is 2. The van der Waals surface area contributed by atoms with Gasteiger partial charge in [-0.3, -0.25) is 14.9 Å². The molecule has 8 nitrogen and oxygen atoms in total. The second-order valence-corrected chi connectivity index (χ2v) is 6.45. The summed E-state index contributed by atoms with van der Waals surface area (Å²) in [6.07, 6.45) is 1.18. The maximum atomic E-state index is 11.7. The molecule has 28 heavy (non-hydrogen) atoms. The summed E-state index contributed by atoms with van der Waals surface area (Å²) in [5.74, 6) is -0.146. The number of hydrogen-bond acceptors (Lipinski definition) is 7. The van der Waals surface area contributed by atoms with Crippen molar-refractivity contribution in [2.75, 3.05) is 10.6 Å². The first-order valence-corrected chi connectivity index (χ1v) is 8.71. The number of Topliss-reactive ketones (excluding diaryl/α,β-unsaturated/α-hetero) is 1. The van der Waals surface area contributed by atoms with Gasteiger partial charge in [0.05, 0.1) is 20.7 Å². The van der Waals surface area contributed by atoms with Gasteiger partial charge in [0.2, 0.25) is 11.6 Å². The molecule has 0 atom stereocenters. The molecule has 10 heteroatoms. The highest BCUT2D eigenvalue weighted by atomic mass is 35.5. The third kappa shape index (κ3) is 4.19. The minimum Gasteiger partial charge on any atom is -0.334 e. The van der Waals surface area contributed by atoms with E-state index in [4.69, 9.17) is 23.2 Å². The van der Waals surface area contributed by atoms with E-state index >= 15 is 0 Å². The van der Waals surface area contributed by atoms with Gasteiger partial charge in [0.1, 0.15) is 6.33 Å². The average molecular weight is 418 g/mol. The number of ketones is 1. The van der Waals surface area contributed by atoms with Gasteiger partial charge in [-0.25, -0.2) is 9.97 Å². The van der Waals surface area contributed by atoms with Gasteiger partial charge in [-0.1, -0.05) is 29.3 Å². The van der Waals surface area contributed by atoms with E-state index in [-0.39, 0.29) is 28.1 Å². The fourth-order valence-electron chi connectivity index (χ4n) is 2.39. The highest BCUT2D eigenvalue weighted by Crippen LogP contribution is 2.36. The smallest absolute Gasteiger partial charge is 0.334 e. The van der Waals surface area contributed by atoms with Gasteiger partial charge in [-0.05, 0) is 43.3 Å². The molecule has 0 radical (unpaired) electrons. The predicted molar refractivity (Wildman–Crippen MR) is 108 cm³/mol. The number of rotatable bonds is 6. The SMILES string of the molecule is CC(=O)c1ccc(Nc2ncnc(Nc3cccc(Cl)c3Cl)c2[N+](=O)[O-])cc1. The summed E-state index contributed by atoms with van der Waals surface area (Å²) in [7, 11) is 0. The summed E-state index contributed by atoms with van der Waals surface area (Å²) in [5, 5.41) is 17.9. The van der Waals surface area contributed by atoms with Crippen LogP contribution in [0.15, 0.2) is 48.8 Å². The highest BCUT2D eigenvalue weighted by molar-refractivity contribution is 6.43. The number of hydrogen-bond donors (Lipinski definition) is 2. The number of halogens is 2. The van der Waals surface area contributed by atoms with Gasteiger partial charge >= 0.3 is 5.69 Å². The monoisotopic (exact) mass is 417 g/mol. The Morgan fingerprint density at radius 2 is 1.68 bits per heavy atom. The lowest BCUT2D eigenvalue weighted by Crippen LogP contribution is -2.06. The van der Waals surface area contributed by atoms with Gasteiger partial charge in [0, 0.05) is 11.3 Å². The first-order valence-electron chi connectivity index (χ1n) is 7.95. The zero-order chi connectivity index (χ0) is 20.3. The Morgan fingerprint density at radius 1 is 1.04 bits per heavy atom. The topological polar surface area (TPSA) is 110 Å². The molecule has 0 unspecified atom stereocenters. The largest absolute Gasteiger partial charge is 0.353 e. The number of benzene rings is 2. The predicted octanol–water partition coefficient (Wildman–Crippen LogP) is 5.38. The molecule has 0 saturated carbocycles. The maximum absolute atomic E-state index is 11.7. The van der Waals surface area contributed by atoms with E-state index in [1.165, 1.54) is 13.3 Å². The van der Waals surface area contributed by atoms with E-state index in [2.05, 4.69) is 20.6 Å². The first kappa shape index (κ1) is 19.5. The highest BCUT2D eigenvalue weighted by Gasteiger charge is 2.24. The second kappa shape index (κ2) is 8.20. The molecule has 0 aliphatic heterocycles. The van der Waals surface area contributed by atoms with Crippen molar-refractivity contribution in [3.63, 3.8) is 0 Å². The minimum atomic E-state index is -0.604. The molecule has 0 aliphatic carbocycles. The summed E-state index contributed by atoms with van der Waals surface area (Å²) >= 11 is 12.1. The van der Waals surface area contributed by atoms with Gasteiger partial charge < -0.3 is 10.6 Å². The average Bonchev–Trinajstić information content (AvgIpc) is 2.66. The van der Waals surface area contributed by atoms with Crippen LogP contribution in [0.1, 0.15) is 17.3 Å². The molecule has 0 spiro atoms. The Kier molecular flexibility index (Phi) is 5.72. The molecule has 2 aromatic carbocycles. The van der Waals surface area contributed by atoms with Crippen LogP contribution in [0.2, 0.25) is 10.0 Å². The van der Waals surface area contributed by atoms with Crippen molar-refractivity contribution < 1.29 is 9.72 Å². The van der Waals surface area contributed by atoms with Crippen molar-refractivity contribution in [1.82, 2.24) is 9.97 Å². The minimum absolute atomic E-state index is 0.0174. The molecule has 3 rings (SSSR count). The van der Waals surface area contributed by atoms with Crippen LogP contribution < -0.4 is 10.6 Å². The lowest BCUT2D eigenvalue weighted by atomic mass is 10.1. The molecule has 3 aromatic rings. The summed E-state index contributed by atoms with van der Waals surface area (Å²) in [5.41, 5.74) is 1.06. The van der Waals surface area contributed by atoms with E-state index in [9.17, 15) is 14.9 Å². The van der Waals surface area contributed by atoms with E-state index in [1.807, 2.05) is 0 Å². The van der Waals surface area contributed by atoms with Crippen LogP contribution in [0, 0.1) is 10.1 Å². The number of anilines is 4. The summed E-state index contributed by atoms with van der Waals surface area (Å²) in [6.45, 7) is 1.45. The Balaban J connectivity index is 1.96. The van der Waals surface area contributed by atoms with Gasteiger partial charge in [0.25, 0.3) is 0 Å². The van der Waals surface area contributed by atoms with Crippen molar-refractivity contribution in [2.45, 2.75) is 6.92 Å². The number of carbonyl (C=O) groups excluding carboxylic acids is 1. The molecule has 0 aliphatic rings. The summed E-state index contributed by atoms with van der Waals surface area (Å²) in [6, 6.07) is 11.4. The zero-order valence-corrected chi connectivity index (χ0v) is 16.0. The zero-order valence-electron chi connectivity index (χ0n) is 14.4. The van der Waals surface area contributed by atoms with E-state index in [0.717, 1.165) is 0 Å². The lowest BCUT2D eigenvalue weighted by Gasteiger charge is -2.11. The fourth-order valence-corrected chi connectivity index (χ4v) is 2.74. The normalized spacial score (nSPS) is 10.4. The molecular formula is C18H13Cl2N5O3. The van der Waals surface area contributed by atoms with E-state index in [1.54, 1.807) is 42.5 Å². The molecule has 2 N–H and O–H groups in total. The van der Waals surface area contributed by atoms with Crippen LogP contribution in [0.3, 0.4) is 0 Å². The lowest BCUT2D eigenvalue weighted by molar-refractivity contribution is -0.383. The van der Waals surface area contributed by atoms with E-state index in [0.29, 0.717) is 22.0 Å². The third-order valence-electron chi connectivity index (χ3n) is 3.76. The molecular weight excluding hydrogens is 405 g/mol. The van der Waals surface area contributed by atoms with Crippen LogP contribution in [0.5, 0.6) is 0 Å². The summed E-state index contributed by atoms with van der Waals surface area (Å²) in [4.78, 5) is 30.3. The first-order chi connectivity index (χ1) is 13.4. The molecule has 142 valence electrons. The number of nitro groups is 1. The van der Waals surface area contributed by atoms with Gasteiger partial charge in [-0.2, -0.15) is 0 Å². The van der Waals surface area contributed by atoms with Crippen molar-refractivity contribution in [2.24, 2.45) is 0 Å². The van der Waals surface area contributed by atoms with Crippen molar-refractivity contribution in [1.29, 1.82) is 0 Å². The van der Waals surface area contributed by atoms with Crippen LogP contribution in [-0.4, -0.2) is 20.7 Å². The second-order valence-electron chi connectivity index (χ2n) is 5.66. The standard InChI is InChI=1S/C18H13Cl2N5O3/c1-10(26)11-5-7-12(8-6-11)23-17-16(25(27)28)18(22-9-21-17)24-14-4-2-3-13(19)15(14)20/h2-9H,1H3,(H2,21,22,23,24). The molecule has 1 heterocycles. The van der Waals surface area contributed by atoms with E-state index < -0.39 is 4.92 Å². The van der Waals surface area contributed by atoms with Gasteiger partial charge in [-0.15, -0.1) is 0 Å².